The van der Waals surface area contributed by atoms with Crippen LogP contribution in [0.2, 0.25) is 5.02 Å². The van der Waals surface area contributed by atoms with Gasteiger partial charge >= 0.3 is 12.6 Å². The lowest BCUT2D eigenvalue weighted by Crippen LogP contribution is -2.09. The molecule has 128 valence electrons. The molecule has 0 unspecified atom stereocenters. The van der Waals surface area contributed by atoms with E-state index in [0.29, 0.717) is 6.07 Å². The fourth-order valence-electron chi connectivity index (χ4n) is 1.78. The van der Waals surface area contributed by atoms with Gasteiger partial charge < -0.3 is 15.6 Å². The monoisotopic (exact) mass is 368 g/mol. The maximum absolute atomic E-state index is 14.1. The molecule has 0 atom stereocenters. The van der Waals surface area contributed by atoms with Crippen molar-refractivity contribution in [3.63, 3.8) is 0 Å². The maximum Gasteiger partial charge on any atom is 0.387 e. The Morgan fingerprint density at radius 3 is 2.42 bits per heavy atom. The van der Waals surface area contributed by atoms with Crippen LogP contribution in [0.25, 0.3) is 11.3 Å². The summed E-state index contributed by atoms with van der Waals surface area (Å²) in [6.45, 7) is -3.41. The lowest BCUT2D eigenvalue weighted by molar-refractivity contribution is -0.0523. The number of carbonyl (C=O) groups is 1. The summed E-state index contributed by atoms with van der Waals surface area (Å²) in [7, 11) is 0. The van der Waals surface area contributed by atoms with Crippen molar-refractivity contribution in [3.05, 3.63) is 40.3 Å². The SMILES string of the molecule is Nc1c(F)c(-c2cc(F)c(OC(F)F)cc2F)nc(C(=O)O)c1Cl. The molecular weight excluding hydrogens is 363 g/mol. The number of halogens is 6. The Bertz CT molecular complexity index is 832. The van der Waals surface area contributed by atoms with E-state index >= 15 is 0 Å². The van der Waals surface area contributed by atoms with Crippen LogP contribution in [0, 0.1) is 17.5 Å². The van der Waals surface area contributed by atoms with Crippen molar-refractivity contribution in [1.82, 2.24) is 4.98 Å². The third-order valence-corrected chi connectivity index (χ3v) is 3.19. The van der Waals surface area contributed by atoms with Gasteiger partial charge in [0.15, 0.2) is 23.1 Å². The number of hydrogen-bond donors (Lipinski definition) is 2. The van der Waals surface area contributed by atoms with Crippen LogP contribution in [0.4, 0.5) is 27.6 Å². The number of benzene rings is 1. The van der Waals surface area contributed by atoms with Gasteiger partial charge in [0.1, 0.15) is 11.5 Å². The molecule has 0 aliphatic rings. The molecule has 24 heavy (non-hydrogen) atoms. The zero-order chi connectivity index (χ0) is 18.2. The molecule has 5 nitrogen and oxygen atoms in total. The van der Waals surface area contributed by atoms with Crippen molar-refractivity contribution >= 4 is 23.3 Å². The highest BCUT2D eigenvalue weighted by Gasteiger charge is 2.25. The number of ether oxygens (including phenoxy) is 1. The van der Waals surface area contributed by atoms with Crippen molar-refractivity contribution in [2.45, 2.75) is 6.61 Å². The standard InChI is InChI=1S/C13H6ClF5N2O3/c14-7-9(20)8(17)10(21-11(7)12(22)23)3-1-5(16)6(2-4(3)15)24-13(18)19/h1-2,13H,(H2,20,21)(H,22,23). The number of aromatic carboxylic acids is 1. The lowest BCUT2D eigenvalue weighted by Gasteiger charge is -2.12. The first-order chi connectivity index (χ1) is 11.1. The second kappa shape index (κ2) is 6.48. The topological polar surface area (TPSA) is 85.4 Å². The molecule has 0 radical (unpaired) electrons. The minimum Gasteiger partial charge on any atom is -0.476 e. The van der Waals surface area contributed by atoms with Gasteiger partial charge in [-0.1, -0.05) is 11.6 Å². The minimum atomic E-state index is -3.41. The first-order valence-corrected chi connectivity index (χ1v) is 6.33. The van der Waals surface area contributed by atoms with Crippen LogP contribution in [-0.4, -0.2) is 22.7 Å². The van der Waals surface area contributed by atoms with E-state index in [2.05, 4.69) is 9.72 Å². The molecule has 0 bridgehead atoms. The Morgan fingerprint density at radius 1 is 1.25 bits per heavy atom. The largest absolute Gasteiger partial charge is 0.476 e. The molecular formula is C13H6ClF5N2O3. The third-order valence-electron chi connectivity index (χ3n) is 2.81. The number of carboxylic acids is 1. The molecule has 2 aromatic rings. The van der Waals surface area contributed by atoms with Crippen LogP contribution < -0.4 is 10.5 Å². The van der Waals surface area contributed by atoms with E-state index in [9.17, 15) is 26.7 Å². The van der Waals surface area contributed by atoms with Crippen molar-refractivity contribution in [2.24, 2.45) is 0 Å². The van der Waals surface area contributed by atoms with E-state index in [1.54, 1.807) is 0 Å². The van der Waals surface area contributed by atoms with Gasteiger partial charge in [0.25, 0.3) is 0 Å². The first kappa shape index (κ1) is 17.7. The number of anilines is 1. The van der Waals surface area contributed by atoms with E-state index < -0.39 is 63.4 Å². The summed E-state index contributed by atoms with van der Waals surface area (Å²) in [6, 6.07) is 0.556. The maximum atomic E-state index is 14.1. The molecule has 1 heterocycles. The number of nitrogen functional groups attached to an aromatic ring is 1. The van der Waals surface area contributed by atoms with Crippen LogP contribution in [0.15, 0.2) is 12.1 Å². The van der Waals surface area contributed by atoms with Gasteiger partial charge in [-0.05, 0) is 6.07 Å². The summed E-state index contributed by atoms with van der Waals surface area (Å²) in [4.78, 5) is 14.3. The molecule has 3 N–H and O–H groups in total. The van der Waals surface area contributed by atoms with E-state index in [1.807, 2.05) is 0 Å². The number of pyridine rings is 1. The molecule has 2 rings (SSSR count). The summed E-state index contributed by atoms with van der Waals surface area (Å²) in [5.74, 6) is -7.04. The molecule has 0 fully saturated rings. The zero-order valence-corrected chi connectivity index (χ0v) is 12.0. The molecule has 11 heteroatoms. The Hall–Kier alpha value is -2.62. The van der Waals surface area contributed by atoms with Crippen molar-refractivity contribution in [1.29, 1.82) is 0 Å². The van der Waals surface area contributed by atoms with Crippen LogP contribution >= 0.6 is 11.6 Å². The third kappa shape index (κ3) is 3.18. The zero-order valence-electron chi connectivity index (χ0n) is 11.3. The summed E-state index contributed by atoms with van der Waals surface area (Å²) >= 11 is 5.53. The van der Waals surface area contributed by atoms with Gasteiger partial charge in [0, 0.05) is 11.6 Å². The van der Waals surface area contributed by atoms with Gasteiger partial charge in [-0.15, -0.1) is 0 Å². The molecule has 1 aromatic heterocycles. The highest BCUT2D eigenvalue weighted by molar-refractivity contribution is 6.35. The van der Waals surface area contributed by atoms with E-state index in [4.69, 9.17) is 22.4 Å². The molecule has 0 saturated carbocycles. The molecule has 0 spiro atoms. The molecule has 0 aliphatic heterocycles. The Labute approximate surface area is 135 Å². The van der Waals surface area contributed by atoms with E-state index in [0.717, 1.165) is 0 Å². The number of carboxylic acid groups (broad SMARTS) is 1. The van der Waals surface area contributed by atoms with Gasteiger partial charge in [-0.3, -0.25) is 0 Å². The van der Waals surface area contributed by atoms with Crippen molar-refractivity contribution < 1.29 is 36.6 Å². The average Bonchev–Trinajstić information content (AvgIpc) is 2.48. The summed E-state index contributed by atoms with van der Waals surface area (Å²) in [5, 5.41) is 8.20. The quantitative estimate of drug-likeness (QED) is 0.804. The van der Waals surface area contributed by atoms with Crippen LogP contribution in [0.3, 0.4) is 0 Å². The van der Waals surface area contributed by atoms with Crippen LogP contribution in [-0.2, 0) is 0 Å². The van der Waals surface area contributed by atoms with E-state index in [1.165, 1.54) is 0 Å². The molecule has 0 amide bonds. The molecule has 0 aliphatic carbocycles. The summed E-state index contributed by atoms with van der Waals surface area (Å²) in [6.07, 6.45) is 0. The second-order valence-corrected chi connectivity index (χ2v) is 4.67. The highest BCUT2D eigenvalue weighted by Crippen LogP contribution is 2.35. The van der Waals surface area contributed by atoms with Crippen molar-refractivity contribution in [3.8, 4) is 17.0 Å². The van der Waals surface area contributed by atoms with Gasteiger partial charge in [-0.2, -0.15) is 8.78 Å². The molecule has 0 saturated heterocycles. The van der Waals surface area contributed by atoms with E-state index in [-0.39, 0.29) is 6.07 Å². The summed E-state index contributed by atoms with van der Waals surface area (Å²) < 4.78 is 69.7. The van der Waals surface area contributed by atoms with Crippen LogP contribution in [0.1, 0.15) is 10.5 Å². The number of rotatable bonds is 4. The van der Waals surface area contributed by atoms with Crippen molar-refractivity contribution in [2.75, 3.05) is 5.73 Å². The summed E-state index contributed by atoms with van der Waals surface area (Å²) in [5.41, 5.74) is 1.76. The average molecular weight is 369 g/mol. The number of nitrogens with zero attached hydrogens (tertiary/aromatic N) is 1. The predicted octanol–water partition coefficient (Wildman–Crippen LogP) is 3.70. The minimum absolute atomic E-state index is 0.239. The van der Waals surface area contributed by atoms with Gasteiger partial charge in [0.05, 0.1) is 10.7 Å². The van der Waals surface area contributed by atoms with Crippen LogP contribution in [0.5, 0.6) is 5.75 Å². The van der Waals surface area contributed by atoms with Gasteiger partial charge in [0.2, 0.25) is 0 Å². The number of aromatic nitrogens is 1. The second-order valence-electron chi connectivity index (χ2n) is 4.30. The Morgan fingerprint density at radius 2 is 1.88 bits per heavy atom. The van der Waals surface area contributed by atoms with Gasteiger partial charge in [-0.25, -0.2) is 22.9 Å². The highest BCUT2D eigenvalue weighted by atomic mass is 35.5. The Balaban J connectivity index is 2.69. The number of nitrogens with two attached hydrogens (primary N) is 1. The first-order valence-electron chi connectivity index (χ1n) is 5.95. The fraction of sp³-hybridized carbons (Fsp3) is 0.0769. The molecule has 1 aromatic carbocycles. The number of hydrogen-bond acceptors (Lipinski definition) is 4. The predicted molar refractivity (Wildman–Crippen MR) is 72.6 cm³/mol. The lowest BCUT2D eigenvalue weighted by atomic mass is 10.1. The Kier molecular flexibility index (Phi) is 4.78. The number of alkyl halides is 2. The fourth-order valence-corrected chi connectivity index (χ4v) is 1.98. The smallest absolute Gasteiger partial charge is 0.387 e. The normalized spacial score (nSPS) is 11.0.